The van der Waals surface area contributed by atoms with Crippen molar-refractivity contribution in [2.24, 2.45) is 5.92 Å². The van der Waals surface area contributed by atoms with Crippen LogP contribution in [0.15, 0.2) is 78.2 Å². The van der Waals surface area contributed by atoms with Crippen LogP contribution in [-0.2, 0) is 6.54 Å². The van der Waals surface area contributed by atoms with Crippen LogP contribution in [0.3, 0.4) is 0 Å². The molecule has 11 heteroatoms. The van der Waals surface area contributed by atoms with Gasteiger partial charge in [-0.1, -0.05) is 36.4 Å². The maximum absolute atomic E-state index is 13.3. The highest BCUT2D eigenvalue weighted by molar-refractivity contribution is 5.63. The van der Waals surface area contributed by atoms with Crippen LogP contribution in [0.5, 0.6) is 5.88 Å². The molecule has 8 nitrogen and oxygen atoms in total. The minimum absolute atomic E-state index is 0.219. The minimum Gasteiger partial charge on any atom is -0.479 e. The summed E-state index contributed by atoms with van der Waals surface area (Å²) >= 11 is 0. The third-order valence-electron chi connectivity index (χ3n) is 7.23. The number of methoxy groups -OCH3 is 1. The highest BCUT2D eigenvalue weighted by Crippen LogP contribution is 2.41. The lowest BCUT2D eigenvalue weighted by molar-refractivity contribution is -0.0887. The van der Waals surface area contributed by atoms with E-state index in [1.807, 2.05) is 79.3 Å². The van der Waals surface area contributed by atoms with Gasteiger partial charge in [-0.15, -0.1) is 5.10 Å². The monoisotopic (exact) mass is 551 g/mol. The highest BCUT2D eigenvalue weighted by atomic mass is 19.4. The topological polar surface area (TPSA) is 71.3 Å². The lowest BCUT2D eigenvalue weighted by atomic mass is 9.87. The molecule has 1 N–H and O–H groups in total. The fourth-order valence-electron chi connectivity index (χ4n) is 5.14. The van der Waals surface area contributed by atoms with E-state index in [1.54, 1.807) is 13.2 Å². The number of benzene rings is 1. The smallest absolute Gasteiger partial charge is 0.416 e. The Hall–Kier alpha value is -4.28. The van der Waals surface area contributed by atoms with Gasteiger partial charge < -0.3 is 19.9 Å². The number of halogens is 3. The van der Waals surface area contributed by atoms with E-state index in [4.69, 9.17) is 19.8 Å². The van der Waals surface area contributed by atoms with Gasteiger partial charge in [-0.2, -0.15) is 13.2 Å². The summed E-state index contributed by atoms with van der Waals surface area (Å²) in [6, 6.07) is 13.3. The molecule has 0 saturated heterocycles. The van der Waals surface area contributed by atoms with E-state index in [0.29, 0.717) is 36.3 Å². The number of ether oxygens (including phenoxy) is 1. The van der Waals surface area contributed by atoms with Crippen molar-refractivity contribution >= 4 is 11.4 Å². The summed E-state index contributed by atoms with van der Waals surface area (Å²) in [6.07, 6.45) is 1.92. The maximum atomic E-state index is 13.3. The summed E-state index contributed by atoms with van der Waals surface area (Å²) in [7, 11) is 5.33. The largest absolute Gasteiger partial charge is 0.479 e. The van der Waals surface area contributed by atoms with E-state index >= 15 is 0 Å². The van der Waals surface area contributed by atoms with E-state index in [9.17, 15) is 13.2 Å². The Balaban J connectivity index is 1.51. The molecule has 2 atom stereocenters. The fourth-order valence-corrected chi connectivity index (χ4v) is 5.14. The molecule has 5 rings (SSSR count). The summed E-state index contributed by atoms with van der Waals surface area (Å²) in [5.41, 5.74) is 2.67. The first-order valence-corrected chi connectivity index (χ1v) is 13.1. The second-order valence-electron chi connectivity index (χ2n) is 9.80. The lowest BCUT2D eigenvalue weighted by Gasteiger charge is -2.40. The molecular formula is C29H32F3N7O. The second kappa shape index (κ2) is 11.1. The zero-order valence-corrected chi connectivity index (χ0v) is 22.9. The average molecular weight is 552 g/mol. The Morgan fingerprint density at radius 2 is 1.90 bits per heavy atom. The molecule has 0 amide bonds. The zero-order chi connectivity index (χ0) is 28.4. The first-order valence-electron chi connectivity index (χ1n) is 13.1. The first kappa shape index (κ1) is 27.3. The van der Waals surface area contributed by atoms with Crippen LogP contribution in [0.1, 0.15) is 25.2 Å². The van der Waals surface area contributed by atoms with E-state index in [-0.39, 0.29) is 18.4 Å². The number of anilines is 2. The summed E-state index contributed by atoms with van der Waals surface area (Å²) in [5, 5.41) is 7.86. The van der Waals surface area contributed by atoms with Gasteiger partial charge in [-0.25, -0.2) is 14.6 Å². The normalized spacial score (nSPS) is 19.2. The average Bonchev–Trinajstić information content (AvgIpc) is 3.41. The minimum atomic E-state index is -4.37. The summed E-state index contributed by atoms with van der Waals surface area (Å²) in [4.78, 5) is 13.7. The van der Waals surface area contributed by atoms with E-state index in [0.717, 1.165) is 17.1 Å². The fraction of sp³-hybridized carbons (Fsp3) is 0.345. The third-order valence-corrected chi connectivity index (χ3v) is 7.23. The van der Waals surface area contributed by atoms with Gasteiger partial charge in [0, 0.05) is 44.1 Å². The van der Waals surface area contributed by atoms with Gasteiger partial charge >= 0.3 is 6.18 Å². The molecular weight excluding hydrogens is 519 g/mol. The molecule has 1 aliphatic carbocycles. The predicted molar refractivity (Wildman–Crippen MR) is 149 cm³/mol. The van der Waals surface area contributed by atoms with Crippen molar-refractivity contribution in [3.63, 3.8) is 0 Å². The molecule has 0 saturated carbocycles. The Kier molecular flexibility index (Phi) is 7.55. The Morgan fingerprint density at radius 1 is 1.12 bits per heavy atom. The van der Waals surface area contributed by atoms with Crippen LogP contribution in [0, 0.1) is 5.92 Å². The van der Waals surface area contributed by atoms with Gasteiger partial charge in [0.1, 0.15) is 11.4 Å². The molecule has 1 aromatic carbocycles. The SMILES string of the molecule is CN/C(C)=C\N(C)c1ccc(-c2nc3n(n2)CCN(c2ccccc2)[C@@H]3C2C=CC(C(F)(F)F)=CC2)nc1OC. The molecule has 0 spiro atoms. The van der Waals surface area contributed by atoms with Crippen molar-refractivity contribution in [3.8, 4) is 17.4 Å². The van der Waals surface area contributed by atoms with Crippen LogP contribution < -0.4 is 19.9 Å². The van der Waals surface area contributed by atoms with Crippen molar-refractivity contribution in [2.45, 2.75) is 32.1 Å². The molecule has 2 aliphatic rings. The summed E-state index contributed by atoms with van der Waals surface area (Å²) in [6.45, 7) is 3.18. The van der Waals surface area contributed by atoms with Crippen LogP contribution >= 0.6 is 0 Å². The number of nitrogens with one attached hydrogen (secondary N) is 1. The van der Waals surface area contributed by atoms with Crippen molar-refractivity contribution in [1.82, 2.24) is 25.1 Å². The summed E-state index contributed by atoms with van der Waals surface area (Å²) < 4.78 is 47.4. The molecule has 0 radical (unpaired) electrons. The van der Waals surface area contributed by atoms with Crippen LogP contribution in [-0.4, -0.2) is 53.7 Å². The van der Waals surface area contributed by atoms with Gasteiger partial charge in [-0.3, -0.25) is 0 Å². The highest BCUT2D eigenvalue weighted by Gasteiger charge is 2.39. The number of nitrogens with zero attached hydrogens (tertiary/aromatic N) is 6. The Morgan fingerprint density at radius 3 is 2.55 bits per heavy atom. The molecule has 40 heavy (non-hydrogen) atoms. The van der Waals surface area contributed by atoms with Crippen LogP contribution in [0.25, 0.3) is 11.5 Å². The number of hydrogen-bond acceptors (Lipinski definition) is 7. The molecule has 2 aromatic heterocycles. The number of alkyl halides is 3. The Labute approximate surface area is 231 Å². The van der Waals surface area contributed by atoms with Gasteiger partial charge in [0.25, 0.3) is 0 Å². The van der Waals surface area contributed by atoms with Gasteiger partial charge in [-0.05, 0) is 37.6 Å². The van der Waals surface area contributed by atoms with Gasteiger partial charge in [0.15, 0.2) is 11.6 Å². The first-order chi connectivity index (χ1) is 19.2. The number of hydrogen-bond donors (Lipinski definition) is 1. The van der Waals surface area contributed by atoms with E-state index < -0.39 is 11.7 Å². The lowest BCUT2D eigenvalue weighted by Crippen LogP contribution is -2.42. The van der Waals surface area contributed by atoms with E-state index in [2.05, 4.69) is 10.2 Å². The number of rotatable bonds is 7. The molecule has 210 valence electrons. The van der Waals surface area contributed by atoms with Gasteiger partial charge in [0.05, 0.1) is 25.3 Å². The molecule has 1 unspecified atom stereocenters. The molecule has 0 fully saturated rings. The third kappa shape index (κ3) is 5.41. The number of aromatic nitrogens is 4. The molecule has 0 bridgehead atoms. The number of pyridine rings is 1. The van der Waals surface area contributed by atoms with Crippen molar-refractivity contribution < 1.29 is 17.9 Å². The number of allylic oxidation sites excluding steroid dienone is 4. The molecule has 3 heterocycles. The van der Waals surface area contributed by atoms with Crippen LogP contribution in [0.2, 0.25) is 0 Å². The maximum Gasteiger partial charge on any atom is 0.416 e. The molecule has 1 aliphatic heterocycles. The quantitative estimate of drug-likeness (QED) is 0.416. The van der Waals surface area contributed by atoms with Crippen molar-refractivity contribution in [2.75, 3.05) is 37.5 Å². The summed E-state index contributed by atoms with van der Waals surface area (Å²) in [5.74, 6) is 1.34. The second-order valence-corrected chi connectivity index (χ2v) is 9.80. The number of fused-ring (bicyclic) bond motifs is 1. The van der Waals surface area contributed by atoms with E-state index in [1.165, 1.54) is 12.2 Å². The predicted octanol–water partition coefficient (Wildman–Crippen LogP) is 5.49. The van der Waals surface area contributed by atoms with Gasteiger partial charge in [0.2, 0.25) is 5.88 Å². The van der Waals surface area contributed by atoms with Crippen LogP contribution in [0.4, 0.5) is 24.5 Å². The standard InChI is InChI=1S/C29H32F3N7O/c1-19(33-2)18-37(3)24-15-14-23(34-28(24)40-4)26-35-27-25(20-10-12-21(13-11-20)29(30,31)32)38(16-17-39(27)36-26)22-8-6-5-7-9-22/h5-10,12-15,18,20,25,33H,11,16-17H2,1-4H3/b19-18-/t20?,25-/m1/s1. The zero-order valence-electron chi connectivity index (χ0n) is 22.9. The number of para-hydroxylation sites is 1. The molecule has 3 aromatic rings. The van der Waals surface area contributed by atoms with Crippen molar-refractivity contribution in [3.05, 3.63) is 84.0 Å². The Bertz CT molecular complexity index is 1450. The van der Waals surface area contributed by atoms with Crippen molar-refractivity contribution in [1.29, 1.82) is 0 Å².